The number of ether oxygens (including phenoxy) is 1. The molecule has 29 heavy (non-hydrogen) atoms. The molecule has 0 atom stereocenters. The first kappa shape index (κ1) is 21.3. The Hall–Kier alpha value is -2.41. The zero-order valence-electron chi connectivity index (χ0n) is 16.5. The Morgan fingerprint density at radius 3 is 2.59 bits per heavy atom. The standard InChI is InChI=1S/C22H25FN2O3S/c1-29-21-19(8-5-13-24-21)22(27)28-15-20(26)25(18-6-3-2-4-7-18)14-16-9-11-17(23)12-10-16/h5,8-13,18H,2-4,6-7,14-15H2,1H3. The Kier molecular flexibility index (Phi) is 7.63. The fourth-order valence-corrected chi connectivity index (χ4v) is 4.13. The van der Waals surface area contributed by atoms with E-state index in [9.17, 15) is 14.0 Å². The molecule has 1 amide bonds. The molecule has 1 fully saturated rings. The molecule has 5 nitrogen and oxygen atoms in total. The lowest BCUT2D eigenvalue weighted by Gasteiger charge is -2.34. The highest BCUT2D eigenvalue weighted by Gasteiger charge is 2.27. The van der Waals surface area contributed by atoms with Crippen molar-refractivity contribution in [3.63, 3.8) is 0 Å². The van der Waals surface area contributed by atoms with Crippen LogP contribution in [0.1, 0.15) is 48.0 Å². The number of halogens is 1. The van der Waals surface area contributed by atoms with E-state index in [1.54, 1.807) is 35.4 Å². The van der Waals surface area contributed by atoms with Gasteiger partial charge in [-0.25, -0.2) is 14.2 Å². The van der Waals surface area contributed by atoms with Crippen LogP contribution in [0.25, 0.3) is 0 Å². The minimum atomic E-state index is -0.554. The minimum absolute atomic E-state index is 0.111. The largest absolute Gasteiger partial charge is 0.452 e. The second-order valence-corrected chi connectivity index (χ2v) is 7.87. The lowest BCUT2D eigenvalue weighted by Crippen LogP contribution is -2.43. The van der Waals surface area contributed by atoms with Gasteiger partial charge in [0.2, 0.25) is 0 Å². The van der Waals surface area contributed by atoms with Crippen molar-refractivity contribution < 1.29 is 18.7 Å². The molecule has 0 radical (unpaired) electrons. The topological polar surface area (TPSA) is 59.5 Å². The summed E-state index contributed by atoms with van der Waals surface area (Å²) >= 11 is 1.35. The van der Waals surface area contributed by atoms with Crippen molar-refractivity contribution in [3.8, 4) is 0 Å². The molecule has 1 saturated carbocycles. The molecule has 1 aromatic heterocycles. The smallest absolute Gasteiger partial charge is 0.341 e. The molecule has 1 aliphatic carbocycles. The summed E-state index contributed by atoms with van der Waals surface area (Å²) in [7, 11) is 0. The van der Waals surface area contributed by atoms with Gasteiger partial charge in [0.25, 0.3) is 5.91 Å². The molecule has 154 valence electrons. The number of amides is 1. The van der Waals surface area contributed by atoms with E-state index >= 15 is 0 Å². The van der Waals surface area contributed by atoms with E-state index in [1.807, 2.05) is 6.26 Å². The number of esters is 1. The molecule has 1 aliphatic rings. The lowest BCUT2D eigenvalue weighted by atomic mass is 9.93. The molecule has 1 aromatic carbocycles. The van der Waals surface area contributed by atoms with Crippen molar-refractivity contribution >= 4 is 23.6 Å². The van der Waals surface area contributed by atoms with Crippen molar-refractivity contribution in [1.29, 1.82) is 0 Å². The number of aromatic nitrogens is 1. The van der Waals surface area contributed by atoms with Crippen molar-refractivity contribution in [3.05, 3.63) is 59.5 Å². The predicted octanol–water partition coefficient (Wildman–Crippen LogP) is 4.46. The molecule has 1 heterocycles. The normalized spacial score (nSPS) is 14.4. The summed E-state index contributed by atoms with van der Waals surface area (Å²) in [5.74, 6) is -1.09. The van der Waals surface area contributed by atoms with Crippen molar-refractivity contribution in [2.45, 2.75) is 49.7 Å². The first-order valence-electron chi connectivity index (χ1n) is 9.78. The van der Waals surface area contributed by atoms with Gasteiger partial charge in [0.05, 0.1) is 5.56 Å². The first-order chi connectivity index (χ1) is 14.1. The number of nitrogens with zero attached hydrogens (tertiary/aromatic N) is 2. The summed E-state index contributed by atoms with van der Waals surface area (Å²) < 4.78 is 18.5. The number of carbonyl (C=O) groups excluding carboxylic acids is 2. The van der Waals surface area contributed by atoms with Crippen LogP contribution in [0.4, 0.5) is 4.39 Å². The third-order valence-electron chi connectivity index (χ3n) is 5.11. The van der Waals surface area contributed by atoms with E-state index in [0.717, 1.165) is 31.2 Å². The zero-order valence-corrected chi connectivity index (χ0v) is 17.3. The zero-order chi connectivity index (χ0) is 20.6. The van der Waals surface area contributed by atoms with E-state index in [-0.39, 0.29) is 24.4 Å². The van der Waals surface area contributed by atoms with Crippen LogP contribution < -0.4 is 0 Å². The van der Waals surface area contributed by atoms with Crippen molar-refractivity contribution in [2.24, 2.45) is 0 Å². The molecule has 2 aromatic rings. The molecular formula is C22H25FN2O3S. The molecule has 0 N–H and O–H groups in total. The van der Waals surface area contributed by atoms with E-state index in [1.165, 1.54) is 30.3 Å². The highest BCUT2D eigenvalue weighted by atomic mass is 32.2. The van der Waals surface area contributed by atoms with Gasteiger partial charge < -0.3 is 9.64 Å². The maximum absolute atomic E-state index is 13.2. The van der Waals surface area contributed by atoms with Gasteiger partial charge in [-0.3, -0.25) is 4.79 Å². The Morgan fingerprint density at radius 1 is 1.17 bits per heavy atom. The van der Waals surface area contributed by atoms with Gasteiger partial charge >= 0.3 is 5.97 Å². The van der Waals surface area contributed by atoms with Crippen molar-refractivity contribution in [2.75, 3.05) is 12.9 Å². The summed E-state index contributed by atoms with van der Waals surface area (Å²) in [6.45, 7) is 0.0591. The van der Waals surface area contributed by atoms with Gasteiger partial charge in [-0.15, -0.1) is 11.8 Å². The van der Waals surface area contributed by atoms with Crippen LogP contribution in [0.2, 0.25) is 0 Å². The molecule has 0 saturated heterocycles. The van der Waals surface area contributed by atoms with E-state index in [0.29, 0.717) is 17.1 Å². The average Bonchev–Trinajstić information content (AvgIpc) is 2.77. The quantitative estimate of drug-likeness (QED) is 0.493. The predicted molar refractivity (Wildman–Crippen MR) is 110 cm³/mol. The maximum atomic E-state index is 13.2. The fourth-order valence-electron chi connectivity index (χ4n) is 3.60. The summed E-state index contributed by atoms with van der Waals surface area (Å²) in [5, 5.41) is 0.570. The van der Waals surface area contributed by atoms with Crippen LogP contribution in [0.3, 0.4) is 0 Å². The Morgan fingerprint density at radius 2 is 1.90 bits per heavy atom. The number of hydrogen-bond acceptors (Lipinski definition) is 5. The third kappa shape index (κ3) is 5.79. The summed E-state index contributed by atoms with van der Waals surface area (Å²) in [5.41, 5.74) is 1.21. The van der Waals surface area contributed by atoms with Crippen LogP contribution >= 0.6 is 11.8 Å². The van der Waals surface area contributed by atoms with Crippen molar-refractivity contribution in [1.82, 2.24) is 9.88 Å². The molecule has 0 aliphatic heterocycles. The number of thioether (sulfide) groups is 1. The maximum Gasteiger partial charge on any atom is 0.341 e. The summed E-state index contributed by atoms with van der Waals surface area (Å²) in [4.78, 5) is 31.3. The Labute approximate surface area is 174 Å². The summed E-state index contributed by atoms with van der Waals surface area (Å²) in [6.07, 6.45) is 8.62. The van der Waals surface area contributed by atoms with Crippen LogP contribution in [0, 0.1) is 5.82 Å². The van der Waals surface area contributed by atoms with Crippen LogP contribution in [0.5, 0.6) is 0 Å². The van der Waals surface area contributed by atoms with Gasteiger partial charge in [-0.1, -0.05) is 31.4 Å². The SMILES string of the molecule is CSc1ncccc1C(=O)OCC(=O)N(Cc1ccc(F)cc1)C1CCCCC1. The molecule has 0 spiro atoms. The molecule has 3 rings (SSSR count). The number of carbonyl (C=O) groups is 2. The van der Waals surface area contributed by atoms with Crippen LogP contribution in [-0.4, -0.2) is 40.7 Å². The average molecular weight is 417 g/mol. The summed E-state index contributed by atoms with van der Waals surface area (Å²) in [6, 6.07) is 9.58. The Bertz CT molecular complexity index is 838. The van der Waals surface area contributed by atoms with E-state index < -0.39 is 5.97 Å². The lowest BCUT2D eigenvalue weighted by molar-refractivity contribution is -0.138. The fraction of sp³-hybridized carbons (Fsp3) is 0.409. The number of rotatable bonds is 7. The molecular weight excluding hydrogens is 391 g/mol. The van der Waals surface area contributed by atoms with E-state index in [4.69, 9.17) is 4.74 Å². The number of benzene rings is 1. The number of pyridine rings is 1. The second-order valence-electron chi connectivity index (χ2n) is 7.08. The monoisotopic (exact) mass is 416 g/mol. The van der Waals surface area contributed by atoms with Crippen LogP contribution in [0.15, 0.2) is 47.6 Å². The highest BCUT2D eigenvalue weighted by Crippen LogP contribution is 2.25. The van der Waals surface area contributed by atoms with Gasteiger partial charge in [-0.2, -0.15) is 0 Å². The first-order valence-corrected chi connectivity index (χ1v) is 11.0. The Balaban J connectivity index is 1.68. The molecule has 0 unspecified atom stereocenters. The van der Waals surface area contributed by atoms with Gasteiger partial charge in [-0.05, 0) is 48.9 Å². The highest BCUT2D eigenvalue weighted by molar-refractivity contribution is 7.98. The van der Waals surface area contributed by atoms with Gasteiger partial charge in [0, 0.05) is 18.8 Å². The minimum Gasteiger partial charge on any atom is -0.452 e. The molecule has 0 bridgehead atoms. The second kappa shape index (κ2) is 10.4. The van der Waals surface area contributed by atoms with Crippen LogP contribution in [-0.2, 0) is 16.1 Å². The number of hydrogen-bond donors (Lipinski definition) is 0. The van der Waals surface area contributed by atoms with Gasteiger partial charge in [0.1, 0.15) is 10.8 Å². The third-order valence-corrected chi connectivity index (χ3v) is 5.83. The molecule has 7 heteroatoms. The van der Waals surface area contributed by atoms with E-state index in [2.05, 4.69) is 4.98 Å². The van der Waals surface area contributed by atoms with Gasteiger partial charge in [0.15, 0.2) is 6.61 Å².